The van der Waals surface area contributed by atoms with Gasteiger partial charge in [0.25, 0.3) is 0 Å². The van der Waals surface area contributed by atoms with E-state index in [1.165, 1.54) is 22.3 Å². The normalized spacial score (nSPS) is 14.9. The Kier molecular flexibility index (Phi) is 10.5. The first-order chi connectivity index (χ1) is 13.7. The van der Waals surface area contributed by atoms with Gasteiger partial charge in [-0.3, -0.25) is 4.99 Å². The number of rotatable bonds is 7. The van der Waals surface area contributed by atoms with Gasteiger partial charge in [0.1, 0.15) is 0 Å². The number of ether oxygens (including phenoxy) is 2. The third kappa shape index (κ3) is 8.32. The Bertz CT molecular complexity index is 776. The first kappa shape index (κ1) is 23.6. The van der Waals surface area contributed by atoms with Crippen molar-refractivity contribution in [2.75, 3.05) is 20.3 Å². The summed E-state index contributed by atoms with van der Waals surface area (Å²) in [6.07, 6.45) is 2.30. The van der Waals surface area contributed by atoms with E-state index in [4.69, 9.17) is 9.47 Å². The highest BCUT2D eigenvalue weighted by Gasteiger charge is 2.14. The predicted molar refractivity (Wildman–Crippen MR) is 129 cm³/mol. The Balaban J connectivity index is 0.00000300. The Morgan fingerprint density at radius 1 is 1.00 bits per heavy atom. The zero-order valence-corrected chi connectivity index (χ0v) is 19.6. The smallest absolute Gasteiger partial charge is 0.191 e. The van der Waals surface area contributed by atoms with E-state index in [-0.39, 0.29) is 24.0 Å². The lowest BCUT2D eigenvalue weighted by molar-refractivity contribution is -0.0390. The third-order valence-corrected chi connectivity index (χ3v) is 4.87. The molecule has 2 aromatic rings. The molecule has 6 heteroatoms. The van der Waals surface area contributed by atoms with Crippen LogP contribution < -0.4 is 10.6 Å². The van der Waals surface area contributed by atoms with Crippen molar-refractivity contribution in [2.24, 2.45) is 4.99 Å². The largest absolute Gasteiger partial charge is 0.381 e. The fourth-order valence-electron chi connectivity index (χ4n) is 3.30. The second kappa shape index (κ2) is 12.8. The van der Waals surface area contributed by atoms with Gasteiger partial charge in [-0.15, -0.1) is 24.0 Å². The van der Waals surface area contributed by atoms with Gasteiger partial charge in [-0.05, 0) is 36.5 Å². The average Bonchev–Trinajstić information content (AvgIpc) is 2.73. The zero-order valence-electron chi connectivity index (χ0n) is 17.3. The molecule has 1 aliphatic heterocycles. The van der Waals surface area contributed by atoms with Gasteiger partial charge in [-0.1, -0.05) is 54.1 Å². The molecule has 0 unspecified atom stereocenters. The van der Waals surface area contributed by atoms with Crippen LogP contribution in [0.5, 0.6) is 0 Å². The molecule has 0 spiro atoms. The van der Waals surface area contributed by atoms with E-state index in [9.17, 15) is 0 Å². The Labute approximate surface area is 191 Å². The van der Waals surface area contributed by atoms with Crippen LogP contribution in [0.1, 0.15) is 35.1 Å². The minimum absolute atomic E-state index is 0. The number of benzene rings is 2. The van der Waals surface area contributed by atoms with Crippen LogP contribution in [0, 0.1) is 6.92 Å². The molecule has 29 heavy (non-hydrogen) atoms. The maximum Gasteiger partial charge on any atom is 0.191 e. The van der Waals surface area contributed by atoms with Crippen LogP contribution in [0.3, 0.4) is 0 Å². The molecule has 158 valence electrons. The molecule has 5 nitrogen and oxygen atoms in total. The number of hydrogen-bond donors (Lipinski definition) is 2. The van der Waals surface area contributed by atoms with Crippen LogP contribution in [-0.4, -0.2) is 32.3 Å². The van der Waals surface area contributed by atoms with Gasteiger partial charge in [0.05, 0.1) is 12.7 Å². The molecule has 0 atom stereocenters. The van der Waals surface area contributed by atoms with E-state index in [1.807, 2.05) is 0 Å². The first-order valence-corrected chi connectivity index (χ1v) is 10.00. The molecule has 1 fully saturated rings. The molecule has 0 aromatic heterocycles. The maximum atomic E-state index is 6.03. The van der Waals surface area contributed by atoms with Crippen molar-refractivity contribution in [1.82, 2.24) is 10.6 Å². The Hall–Kier alpha value is -1.64. The van der Waals surface area contributed by atoms with Crippen LogP contribution in [0.4, 0.5) is 0 Å². The molecule has 0 saturated carbocycles. The number of aliphatic imine (C=N–C) groups is 1. The second-order valence-electron chi connectivity index (χ2n) is 7.21. The Morgan fingerprint density at radius 3 is 2.28 bits per heavy atom. The summed E-state index contributed by atoms with van der Waals surface area (Å²) < 4.78 is 11.4. The van der Waals surface area contributed by atoms with E-state index in [0.29, 0.717) is 12.7 Å². The van der Waals surface area contributed by atoms with Gasteiger partial charge >= 0.3 is 0 Å². The summed E-state index contributed by atoms with van der Waals surface area (Å²) in [6, 6.07) is 17.0. The number of guanidine groups is 1. The summed E-state index contributed by atoms with van der Waals surface area (Å²) >= 11 is 0. The minimum Gasteiger partial charge on any atom is -0.381 e. The molecule has 2 aromatic carbocycles. The van der Waals surface area contributed by atoms with Gasteiger partial charge in [-0.2, -0.15) is 0 Å². The van der Waals surface area contributed by atoms with Crippen molar-refractivity contribution >= 4 is 29.9 Å². The monoisotopic (exact) mass is 509 g/mol. The van der Waals surface area contributed by atoms with Gasteiger partial charge in [-0.25, -0.2) is 0 Å². The summed E-state index contributed by atoms with van der Waals surface area (Å²) in [5.74, 6) is 0.797. The maximum absolute atomic E-state index is 6.03. The van der Waals surface area contributed by atoms with Crippen LogP contribution in [0.25, 0.3) is 0 Å². The lowest BCUT2D eigenvalue weighted by Gasteiger charge is -2.22. The first-order valence-electron chi connectivity index (χ1n) is 10.00. The second-order valence-corrected chi connectivity index (χ2v) is 7.21. The molecule has 3 rings (SSSR count). The molecule has 2 N–H and O–H groups in total. The van der Waals surface area contributed by atoms with Crippen molar-refractivity contribution in [3.8, 4) is 0 Å². The van der Waals surface area contributed by atoms with E-state index in [2.05, 4.69) is 71.1 Å². The summed E-state index contributed by atoms with van der Waals surface area (Å²) in [5, 5.41) is 6.75. The Morgan fingerprint density at radius 2 is 1.62 bits per heavy atom. The quantitative estimate of drug-likeness (QED) is 0.334. The number of aryl methyl sites for hydroxylation is 1. The molecule has 0 amide bonds. The number of hydrogen-bond acceptors (Lipinski definition) is 3. The predicted octanol–water partition coefficient (Wildman–Crippen LogP) is 4.17. The summed E-state index contributed by atoms with van der Waals surface area (Å²) in [7, 11) is 1.80. The summed E-state index contributed by atoms with van der Waals surface area (Å²) in [4.78, 5) is 4.32. The summed E-state index contributed by atoms with van der Waals surface area (Å²) in [5.41, 5.74) is 4.93. The molecular formula is C23H32IN3O2. The SMILES string of the molecule is CN=C(NCc1cccc(C)c1)NCc1cccc(COC2CCOCC2)c1.I. The van der Waals surface area contributed by atoms with E-state index in [0.717, 1.165) is 45.1 Å². The molecule has 1 heterocycles. The van der Waals surface area contributed by atoms with E-state index < -0.39 is 0 Å². The highest BCUT2D eigenvalue weighted by atomic mass is 127. The highest BCUT2D eigenvalue weighted by Crippen LogP contribution is 2.14. The molecular weight excluding hydrogens is 477 g/mol. The van der Waals surface area contributed by atoms with Crippen molar-refractivity contribution in [2.45, 2.75) is 45.6 Å². The van der Waals surface area contributed by atoms with Gasteiger partial charge in [0.2, 0.25) is 0 Å². The van der Waals surface area contributed by atoms with Crippen LogP contribution in [-0.2, 0) is 29.2 Å². The molecule has 0 bridgehead atoms. The number of nitrogens with one attached hydrogen (secondary N) is 2. The minimum atomic E-state index is 0. The zero-order chi connectivity index (χ0) is 19.6. The van der Waals surface area contributed by atoms with Gasteiger partial charge in [0.15, 0.2) is 5.96 Å². The topological polar surface area (TPSA) is 54.9 Å². The van der Waals surface area contributed by atoms with Crippen LogP contribution >= 0.6 is 24.0 Å². The average molecular weight is 509 g/mol. The highest BCUT2D eigenvalue weighted by molar-refractivity contribution is 14.0. The molecule has 0 aliphatic carbocycles. The number of nitrogens with zero attached hydrogens (tertiary/aromatic N) is 1. The third-order valence-electron chi connectivity index (χ3n) is 4.87. The molecule has 0 radical (unpaired) electrons. The standard InChI is InChI=1S/C23H31N3O2.HI/c1-18-5-3-6-19(13-18)15-25-23(24-2)26-16-20-7-4-8-21(14-20)17-28-22-9-11-27-12-10-22;/h3-8,13-14,22H,9-12,15-17H2,1-2H3,(H2,24,25,26);1H. The van der Waals surface area contributed by atoms with E-state index in [1.54, 1.807) is 7.05 Å². The van der Waals surface area contributed by atoms with Crippen molar-refractivity contribution in [1.29, 1.82) is 0 Å². The number of halogens is 1. The van der Waals surface area contributed by atoms with Crippen LogP contribution in [0.15, 0.2) is 53.5 Å². The van der Waals surface area contributed by atoms with Gasteiger partial charge < -0.3 is 20.1 Å². The van der Waals surface area contributed by atoms with Crippen molar-refractivity contribution in [3.05, 3.63) is 70.8 Å². The lowest BCUT2D eigenvalue weighted by atomic mass is 10.1. The van der Waals surface area contributed by atoms with E-state index >= 15 is 0 Å². The van der Waals surface area contributed by atoms with Crippen molar-refractivity contribution in [3.63, 3.8) is 0 Å². The molecule has 1 aliphatic rings. The molecule has 1 saturated heterocycles. The fraction of sp³-hybridized carbons (Fsp3) is 0.435. The van der Waals surface area contributed by atoms with Gasteiger partial charge in [0, 0.05) is 33.4 Å². The van der Waals surface area contributed by atoms with Crippen molar-refractivity contribution < 1.29 is 9.47 Å². The lowest BCUT2D eigenvalue weighted by Crippen LogP contribution is -2.36. The van der Waals surface area contributed by atoms with Crippen LogP contribution in [0.2, 0.25) is 0 Å². The summed E-state index contributed by atoms with van der Waals surface area (Å²) in [6.45, 7) is 5.85. The fourth-order valence-corrected chi connectivity index (χ4v) is 3.30.